The summed E-state index contributed by atoms with van der Waals surface area (Å²) >= 11 is 0. The zero-order valence-electron chi connectivity index (χ0n) is 11.8. The van der Waals surface area contributed by atoms with E-state index in [-0.39, 0.29) is 23.7 Å². The molecule has 0 aliphatic carbocycles. The number of carbonyl (C=O) groups is 1. The number of hydrogen-bond donors (Lipinski definition) is 1. The Labute approximate surface area is 111 Å². The van der Waals surface area contributed by atoms with Crippen LogP contribution in [0.25, 0.3) is 0 Å². The van der Waals surface area contributed by atoms with E-state index in [2.05, 4.69) is 13.8 Å². The third kappa shape index (κ3) is 7.82. The normalized spacial score (nSPS) is 13.8. The molecule has 0 radical (unpaired) electrons. The van der Waals surface area contributed by atoms with Gasteiger partial charge in [-0.15, -0.1) is 0 Å². The second-order valence-electron chi connectivity index (χ2n) is 5.15. The summed E-state index contributed by atoms with van der Waals surface area (Å²) < 4.78 is 22.6. The molecule has 5 heteroatoms. The molecule has 0 fully saturated rings. The van der Waals surface area contributed by atoms with Gasteiger partial charge in [0.1, 0.15) is 15.6 Å². The molecule has 0 bridgehead atoms. The van der Waals surface area contributed by atoms with Crippen LogP contribution in [0.15, 0.2) is 0 Å². The molecule has 0 aliphatic heterocycles. The van der Waals surface area contributed by atoms with Gasteiger partial charge in [0.2, 0.25) is 0 Å². The van der Waals surface area contributed by atoms with E-state index in [0.717, 1.165) is 12.8 Å². The highest BCUT2D eigenvalue weighted by Gasteiger charge is 2.16. The molecule has 4 nitrogen and oxygen atoms in total. The van der Waals surface area contributed by atoms with Crippen LogP contribution in [0.3, 0.4) is 0 Å². The molecule has 0 aromatic rings. The minimum Gasteiger partial charge on any atom is -0.330 e. The molecule has 0 spiro atoms. The van der Waals surface area contributed by atoms with Gasteiger partial charge in [0.25, 0.3) is 0 Å². The number of hydrogen-bond acceptors (Lipinski definition) is 4. The van der Waals surface area contributed by atoms with E-state index in [4.69, 9.17) is 5.73 Å². The number of sulfone groups is 1. The fraction of sp³-hybridized carbons (Fsp3) is 0.923. The van der Waals surface area contributed by atoms with Crippen LogP contribution in [-0.2, 0) is 14.6 Å². The number of ketones is 1. The first-order valence-corrected chi connectivity index (χ1v) is 8.56. The molecule has 108 valence electrons. The first kappa shape index (κ1) is 17.6. The second-order valence-corrected chi connectivity index (χ2v) is 7.62. The van der Waals surface area contributed by atoms with Crippen molar-refractivity contribution in [1.82, 2.24) is 0 Å². The molecule has 0 saturated heterocycles. The Bertz CT molecular complexity index is 336. The van der Waals surface area contributed by atoms with Crippen molar-refractivity contribution in [2.75, 3.05) is 18.1 Å². The van der Waals surface area contributed by atoms with Crippen molar-refractivity contribution >= 4 is 15.6 Å². The lowest BCUT2D eigenvalue weighted by molar-refractivity contribution is -0.119. The van der Waals surface area contributed by atoms with Crippen molar-refractivity contribution in [1.29, 1.82) is 0 Å². The van der Waals surface area contributed by atoms with Gasteiger partial charge in [-0.25, -0.2) is 8.42 Å². The summed E-state index contributed by atoms with van der Waals surface area (Å²) in [5.41, 5.74) is 5.54. The highest BCUT2D eigenvalue weighted by molar-refractivity contribution is 7.91. The van der Waals surface area contributed by atoms with E-state index in [9.17, 15) is 13.2 Å². The maximum atomic E-state index is 11.6. The lowest BCUT2D eigenvalue weighted by Gasteiger charge is -2.19. The molecule has 0 aromatic carbocycles. The predicted octanol–water partition coefficient (Wildman–Crippen LogP) is 1.78. The average molecular weight is 277 g/mol. The minimum absolute atomic E-state index is 0.00837. The summed E-state index contributed by atoms with van der Waals surface area (Å²) in [6, 6.07) is 0. The Morgan fingerprint density at radius 2 is 1.78 bits per heavy atom. The Balaban J connectivity index is 4.02. The van der Waals surface area contributed by atoms with Crippen molar-refractivity contribution in [3.05, 3.63) is 0 Å². The maximum absolute atomic E-state index is 11.6. The highest BCUT2D eigenvalue weighted by Crippen LogP contribution is 2.20. The number of carbonyl (C=O) groups excluding carboxylic acids is 1. The van der Waals surface area contributed by atoms with Crippen LogP contribution in [0.2, 0.25) is 0 Å². The van der Waals surface area contributed by atoms with Crippen LogP contribution < -0.4 is 5.73 Å². The zero-order valence-corrected chi connectivity index (χ0v) is 12.6. The third-order valence-corrected chi connectivity index (χ3v) is 5.11. The molecule has 18 heavy (non-hydrogen) atoms. The molecule has 1 unspecified atom stereocenters. The van der Waals surface area contributed by atoms with E-state index in [1.807, 2.05) is 0 Å². The van der Waals surface area contributed by atoms with Gasteiger partial charge in [-0.1, -0.05) is 20.8 Å². The van der Waals surface area contributed by atoms with Gasteiger partial charge < -0.3 is 5.73 Å². The molecular weight excluding hydrogens is 250 g/mol. The van der Waals surface area contributed by atoms with Crippen LogP contribution in [0.5, 0.6) is 0 Å². The summed E-state index contributed by atoms with van der Waals surface area (Å²) in [6.07, 6.45) is 2.38. The van der Waals surface area contributed by atoms with Crippen molar-refractivity contribution < 1.29 is 13.2 Å². The summed E-state index contributed by atoms with van der Waals surface area (Å²) in [7, 11) is -3.02. The lowest BCUT2D eigenvalue weighted by Crippen LogP contribution is -2.17. The largest absolute Gasteiger partial charge is 0.330 e. The molecular formula is C13H27NO3S. The molecule has 0 aliphatic rings. The van der Waals surface area contributed by atoms with Crippen LogP contribution in [0.4, 0.5) is 0 Å². The van der Waals surface area contributed by atoms with E-state index in [1.165, 1.54) is 0 Å². The van der Waals surface area contributed by atoms with E-state index in [1.54, 1.807) is 6.92 Å². The second kappa shape index (κ2) is 8.64. The maximum Gasteiger partial charge on any atom is 0.150 e. The smallest absolute Gasteiger partial charge is 0.150 e. The molecule has 0 amide bonds. The van der Waals surface area contributed by atoms with Crippen molar-refractivity contribution in [3.8, 4) is 0 Å². The standard InChI is InChI=1S/C13H27NO3S/c1-4-18(16,17)10-8-13(15)6-5-12(7-9-14)11(2)3/h11-12H,4-10,14H2,1-3H3. The Kier molecular flexibility index (Phi) is 8.44. The average Bonchev–Trinajstić information content (AvgIpc) is 2.31. The van der Waals surface area contributed by atoms with Gasteiger partial charge >= 0.3 is 0 Å². The van der Waals surface area contributed by atoms with Crippen LogP contribution in [0, 0.1) is 11.8 Å². The van der Waals surface area contributed by atoms with Crippen molar-refractivity contribution in [3.63, 3.8) is 0 Å². The fourth-order valence-corrected chi connectivity index (χ4v) is 2.74. The summed E-state index contributed by atoms with van der Waals surface area (Å²) in [4.78, 5) is 11.6. The van der Waals surface area contributed by atoms with Crippen molar-refractivity contribution in [2.24, 2.45) is 17.6 Å². The van der Waals surface area contributed by atoms with Gasteiger partial charge in [-0.05, 0) is 31.2 Å². The number of rotatable bonds is 10. The molecule has 0 rings (SSSR count). The van der Waals surface area contributed by atoms with Gasteiger partial charge in [0, 0.05) is 18.6 Å². The zero-order chi connectivity index (χ0) is 14.2. The Hall–Kier alpha value is -0.420. The molecule has 1 atom stereocenters. The fourth-order valence-electron chi connectivity index (χ4n) is 1.91. The van der Waals surface area contributed by atoms with Gasteiger partial charge in [-0.3, -0.25) is 4.79 Å². The highest BCUT2D eigenvalue weighted by atomic mass is 32.2. The van der Waals surface area contributed by atoms with Gasteiger partial charge in [0.05, 0.1) is 5.75 Å². The summed E-state index contributed by atoms with van der Waals surface area (Å²) in [6.45, 7) is 6.51. The quantitative estimate of drug-likeness (QED) is 0.660. The van der Waals surface area contributed by atoms with Gasteiger partial charge in [0.15, 0.2) is 0 Å². The first-order valence-electron chi connectivity index (χ1n) is 6.74. The van der Waals surface area contributed by atoms with Crippen LogP contribution in [-0.4, -0.2) is 32.3 Å². The molecule has 2 N–H and O–H groups in total. The number of Topliss-reactive ketones (excluding diaryl/α,β-unsaturated/α-hetero) is 1. The van der Waals surface area contributed by atoms with Gasteiger partial charge in [-0.2, -0.15) is 0 Å². The SMILES string of the molecule is CCS(=O)(=O)CCC(=O)CCC(CCN)C(C)C. The first-order chi connectivity index (χ1) is 8.32. The molecule has 0 aromatic heterocycles. The van der Waals surface area contributed by atoms with E-state index in [0.29, 0.717) is 24.8 Å². The summed E-state index contributed by atoms with van der Waals surface area (Å²) in [5.74, 6) is 1.13. The minimum atomic E-state index is -3.02. The van der Waals surface area contributed by atoms with Crippen LogP contribution >= 0.6 is 0 Å². The molecule has 0 saturated carbocycles. The summed E-state index contributed by atoms with van der Waals surface area (Å²) in [5, 5.41) is 0. The monoisotopic (exact) mass is 277 g/mol. The van der Waals surface area contributed by atoms with Crippen molar-refractivity contribution in [2.45, 2.75) is 46.5 Å². The topological polar surface area (TPSA) is 77.2 Å². The van der Waals surface area contributed by atoms with E-state index >= 15 is 0 Å². The lowest BCUT2D eigenvalue weighted by atomic mass is 9.87. The predicted molar refractivity (Wildman–Crippen MR) is 75.2 cm³/mol. The number of nitrogens with two attached hydrogens (primary N) is 1. The van der Waals surface area contributed by atoms with E-state index < -0.39 is 9.84 Å². The Morgan fingerprint density at radius 3 is 2.22 bits per heavy atom. The van der Waals surface area contributed by atoms with Crippen LogP contribution in [0.1, 0.15) is 46.5 Å². The Morgan fingerprint density at radius 1 is 1.17 bits per heavy atom. The molecule has 0 heterocycles. The third-order valence-electron chi connectivity index (χ3n) is 3.41.